The molecule has 6 aromatic rings. The summed E-state index contributed by atoms with van der Waals surface area (Å²) in [5.74, 6) is 1.41. The molecule has 0 amide bonds. The van der Waals surface area contributed by atoms with Crippen LogP contribution in [0.15, 0.2) is 75.9 Å². The lowest BCUT2D eigenvalue weighted by molar-refractivity contribution is 0.414. The Hall–Kier alpha value is -4.37. The summed E-state index contributed by atoms with van der Waals surface area (Å²) in [6, 6.07) is 19.4. The zero-order valence-corrected chi connectivity index (χ0v) is 20.6. The first-order chi connectivity index (χ1) is 17.6. The molecule has 0 saturated carbocycles. The van der Waals surface area contributed by atoms with Crippen molar-refractivity contribution in [2.75, 3.05) is 7.11 Å². The van der Waals surface area contributed by atoms with Crippen LogP contribution in [0.2, 0.25) is 0 Å². The van der Waals surface area contributed by atoms with Crippen LogP contribution in [0.5, 0.6) is 5.75 Å². The maximum absolute atomic E-state index is 13.8. The van der Waals surface area contributed by atoms with Crippen LogP contribution in [0.25, 0.3) is 33.2 Å². The van der Waals surface area contributed by atoms with Gasteiger partial charge in [-0.1, -0.05) is 30.3 Å². The lowest BCUT2D eigenvalue weighted by Crippen LogP contribution is -2.25. The first-order valence-corrected chi connectivity index (χ1v) is 12.4. The third-order valence-corrected chi connectivity index (χ3v) is 6.96. The number of thiophene rings is 1. The SMILES string of the molecule is COc1ccc(CCn2c(C)nc3c(c2=O)c2nc4ccccc4nc2n3N=Cc2cccs2)cc1. The van der Waals surface area contributed by atoms with Crippen LogP contribution >= 0.6 is 11.3 Å². The number of hydrogen-bond acceptors (Lipinski definition) is 7. The van der Waals surface area contributed by atoms with E-state index in [0.717, 1.165) is 27.2 Å². The van der Waals surface area contributed by atoms with E-state index >= 15 is 0 Å². The Morgan fingerprint density at radius 2 is 1.75 bits per heavy atom. The Kier molecular flexibility index (Phi) is 5.54. The summed E-state index contributed by atoms with van der Waals surface area (Å²) in [7, 11) is 1.64. The molecule has 0 aliphatic rings. The molecule has 0 unspecified atom stereocenters. The zero-order chi connectivity index (χ0) is 24.6. The fourth-order valence-corrected chi connectivity index (χ4v) is 4.88. The van der Waals surface area contributed by atoms with Gasteiger partial charge < -0.3 is 4.74 Å². The molecular weight excluding hydrogens is 472 g/mol. The van der Waals surface area contributed by atoms with Gasteiger partial charge in [0.25, 0.3) is 5.56 Å². The molecule has 6 rings (SSSR count). The van der Waals surface area contributed by atoms with Gasteiger partial charge in [0.2, 0.25) is 0 Å². The van der Waals surface area contributed by atoms with Crippen molar-refractivity contribution in [3.8, 4) is 5.75 Å². The topological polar surface area (TPSA) is 87.2 Å². The molecule has 36 heavy (non-hydrogen) atoms. The molecular formula is C27H22N6O2S. The Morgan fingerprint density at radius 1 is 0.972 bits per heavy atom. The van der Waals surface area contributed by atoms with E-state index in [1.807, 2.05) is 73.0 Å². The van der Waals surface area contributed by atoms with Crippen molar-refractivity contribution in [2.24, 2.45) is 5.10 Å². The monoisotopic (exact) mass is 494 g/mol. The summed E-state index contributed by atoms with van der Waals surface area (Å²) in [6.07, 6.45) is 2.44. The number of aromatic nitrogens is 5. The number of methoxy groups -OCH3 is 1. The highest BCUT2D eigenvalue weighted by Gasteiger charge is 2.21. The second-order valence-corrected chi connectivity index (χ2v) is 9.35. The van der Waals surface area contributed by atoms with Gasteiger partial charge in [0.1, 0.15) is 22.5 Å². The number of para-hydroxylation sites is 2. The van der Waals surface area contributed by atoms with E-state index in [1.54, 1.807) is 33.9 Å². The summed E-state index contributed by atoms with van der Waals surface area (Å²) >= 11 is 1.58. The van der Waals surface area contributed by atoms with Gasteiger partial charge in [-0.3, -0.25) is 9.36 Å². The minimum atomic E-state index is -0.148. The average molecular weight is 495 g/mol. The van der Waals surface area contributed by atoms with Crippen LogP contribution in [0, 0.1) is 6.92 Å². The van der Waals surface area contributed by atoms with Gasteiger partial charge in [0, 0.05) is 11.4 Å². The predicted octanol–water partition coefficient (Wildman–Crippen LogP) is 4.80. The highest BCUT2D eigenvalue weighted by atomic mass is 32.1. The van der Waals surface area contributed by atoms with Crippen molar-refractivity contribution in [2.45, 2.75) is 19.9 Å². The molecule has 0 aliphatic heterocycles. The maximum atomic E-state index is 13.8. The highest BCUT2D eigenvalue weighted by Crippen LogP contribution is 2.25. The second-order valence-electron chi connectivity index (χ2n) is 8.37. The molecule has 9 heteroatoms. The quantitative estimate of drug-likeness (QED) is 0.311. The molecule has 4 heterocycles. The lowest BCUT2D eigenvalue weighted by Gasteiger charge is -2.10. The third-order valence-electron chi connectivity index (χ3n) is 6.16. The Balaban J connectivity index is 1.53. The van der Waals surface area contributed by atoms with Crippen LogP contribution in [-0.4, -0.2) is 37.5 Å². The normalized spacial score (nSPS) is 11.8. The van der Waals surface area contributed by atoms with Crippen molar-refractivity contribution in [3.63, 3.8) is 0 Å². The van der Waals surface area contributed by atoms with E-state index in [1.165, 1.54) is 0 Å². The largest absolute Gasteiger partial charge is 0.497 e. The third kappa shape index (κ3) is 3.83. The predicted molar refractivity (Wildman–Crippen MR) is 143 cm³/mol. The molecule has 0 bridgehead atoms. The molecule has 0 radical (unpaired) electrons. The van der Waals surface area contributed by atoms with E-state index in [9.17, 15) is 4.79 Å². The van der Waals surface area contributed by atoms with Crippen molar-refractivity contribution >= 4 is 50.8 Å². The van der Waals surface area contributed by atoms with Gasteiger partial charge in [0.15, 0.2) is 11.3 Å². The number of nitrogens with zero attached hydrogens (tertiary/aromatic N) is 6. The minimum absolute atomic E-state index is 0.148. The van der Waals surface area contributed by atoms with Crippen molar-refractivity contribution < 1.29 is 4.74 Å². The fourth-order valence-electron chi connectivity index (χ4n) is 4.30. The number of benzene rings is 2. The molecule has 0 N–H and O–H groups in total. The number of fused-ring (bicyclic) bond motifs is 4. The first-order valence-electron chi connectivity index (χ1n) is 11.5. The van der Waals surface area contributed by atoms with Gasteiger partial charge in [-0.25, -0.2) is 15.0 Å². The molecule has 4 aromatic heterocycles. The maximum Gasteiger partial charge on any atom is 0.265 e. The molecule has 0 saturated heterocycles. The summed E-state index contributed by atoms with van der Waals surface area (Å²) in [5, 5.41) is 7.08. The van der Waals surface area contributed by atoms with Crippen LogP contribution < -0.4 is 10.3 Å². The second kappa shape index (κ2) is 9.01. The Labute approximate surface area is 210 Å². The lowest BCUT2D eigenvalue weighted by atomic mass is 10.1. The van der Waals surface area contributed by atoms with Crippen molar-refractivity contribution in [1.82, 2.24) is 24.2 Å². The van der Waals surface area contributed by atoms with Gasteiger partial charge in [-0.05, 0) is 54.6 Å². The zero-order valence-electron chi connectivity index (χ0n) is 19.8. The van der Waals surface area contributed by atoms with Gasteiger partial charge in [-0.2, -0.15) is 9.78 Å². The minimum Gasteiger partial charge on any atom is -0.497 e. The molecule has 0 spiro atoms. The summed E-state index contributed by atoms with van der Waals surface area (Å²) < 4.78 is 8.58. The Bertz CT molecular complexity index is 1800. The molecule has 8 nitrogen and oxygen atoms in total. The van der Waals surface area contributed by atoms with Gasteiger partial charge in [0.05, 0.1) is 24.4 Å². The summed E-state index contributed by atoms with van der Waals surface area (Å²) in [6.45, 7) is 2.34. The standard InChI is InChI=1S/C27H22N6O2S/c1-17-29-25-23(27(34)32(17)14-13-18-9-11-19(35-2)12-10-18)24-26(31-22-8-4-3-7-21(22)30-24)33(25)28-16-20-6-5-15-36-20/h3-12,15-16H,13-14H2,1-2H3. The molecule has 0 fully saturated rings. The number of ether oxygens (including phenoxy) is 1. The van der Waals surface area contributed by atoms with E-state index < -0.39 is 0 Å². The summed E-state index contributed by atoms with van der Waals surface area (Å²) in [4.78, 5) is 29.3. The smallest absolute Gasteiger partial charge is 0.265 e. The van der Waals surface area contributed by atoms with Crippen LogP contribution in [0.4, 0.5) is 0 Å². The van der Waals surface area contributed by atoms with Crippen LogP contribution in [0.1, 0.15) is 16.3 Å². The van der Waals surface area contributed by atoms with Crippen LogP contribution in [0.3, 0.4) is 0 Å². The first kappa shape index (κ1) is 22.1. The van der Waals surface area contributed by atoms with E-state index in [4.69, 9.17) is 19.7 Å². The Morgan fingerprint density at radius 3 is 2.47 bits per heavy atom. The van der Waals surface area contributed by atoms with E-state index in [2.05, 4.69) is 5.10 Å². The number of hydrogen-bond donors (Lipinski definition) is 0. The molecule has 2 aromatic carbocycles. The molecule has 0 atom stereocenters. The summed E-state index contributed by atoms with van der Waals surface area (Å²) in [5.41, 5.74) is 3.88. The highest BCUT2D eigenvalue weighted by molar-refractivity contribution is 7.11. The van der Waals surface area contributed by atoms with Crippen LogP contribution in [-0.2, 0) is 13.0 Å². The van der Waals surface area contributed by atoms with E-state index in [-0.39, 0.29) is 5.56 Å². The molecule has 178 valence electrons. The number of aryl methyl sites for hydroxylation is 2. The van der Waals surface area contributed by atoms with Gasteiger partial charge in [-0.15, -0.1) is 11.3 Å². The average Bonchev–Trinajstić information content (AvgIpc) is 3.52. The van der Waals surface area contributed by atoms with Crippen molar-refractivity contribution in [1.29, 1.82) is 0 Å². The number of rotatable bonds is 6. The van der Waals surface area contributed by atoms with Crippen molar-refractivity contribution in [3.05, 3.63) is 92.7 Å². The molecule has 0 aliphatic carbocycles. The van der Waals surface area contributed by atoms with E-state index in [0.29, 0.717) is 41.0 Å². The van der Waals surface area contributed by atoms with Gasteiger partial charge >= 0.3 is 0 Å². The fraction of sp³-hybridized carbons (Fsp3) is 0.148.